The van der Waals surface area contributed by atoms with Crippen molar-refractivity contribution < 1.29 is 14.3 Å². The zero-order valence-electron chi connectivity index (χ0n) is 3.59. The van der Waals surface area contributed by atoms with Gasteiger partial charge in [0.1, 0.15) is 12.7 Å². The molecule has 0 N–H and O–H groups in total. The molecule has 0 amide bonds. The third-order valence-electron chi connectivity index (χ3n) is 1.20. The van der Waals surface area contributed by atoms with Crippen molar-refractivity contribution in [1.82, 2.24) is 0 Å². The van der Waals surface area contributed by atoms with E-state index >= 15 is 0 Å². The van der Waals surface area contributed by atoms with Gasteiger partial charge in [-0.15, -0.1) is 0 Å². The summed E-state index contributed by atoms with van der Waals surface area (Å²) >= 11 is 0. The minimum absolute atomic E-state index is 0.118. The standard InChI is InChI=1S/C4H4O3/c5-4-3-2(7-3)1-6-4/h2-3H,1H2/t2-,3+/m1/s1. The first-order valence-electron chi connectivity index (χ1n) is 2.20. The fourth-order valence-corrected chi connectivity index (χ4v) is 0.723. The van der Waals surface area contributed by atoms with Crippen LogP contribution in [0.5, 0.6) is 0 Å². The quantitative estimate of drug-likeness (QED) is 0.299. The van der Waals surface area contributed by atoms with Crippen molar-refractivity contribution in [3.8, 4) is 0 Å². The van der Waals surface area contributed by atoms with E-state index in [2.05, 4.69) is 4.74 Å². The lowest BCUT2D eigenvalue weighted by Gasteiger charge is -1.89. The fraction of sp³-hybridized carbons (Fsp3) is 0.750. The van der Waals surface area contributed by atoms with Crippen molar-refractivity contribution in [3.63, 3.8) is 0 Å². The van der Waals surface area contributed by atoms with Gasteiger partial charge in [-0.3, -0.25) is 0 Å². The lowest BCUT2D eigenvalue weighted by Crippen LogP contribution is -2.02. The first-order valence-corrected chi connectivity index (χ1v) is 2.20. The van der Waals surface area contributed by atoms with Crippen LogP contribution in [0.2, 0.25) is 0 Å². The van der Waals surface area contributed by atoms with Crippen LogP contribution in [0.25, 0.3) is 0 Å². The average molecular weight is 100 g/mol. The van der Waals surface area contributed by atoms with Gasteiger partial charge in [-0.2, -0.15) is 0 Å². The maximum absolute atomic E-state index is 10.3. The number of carbonyl (C=O) groups excluding carboxylic acids is 1. The summed E-state index contributed by atoms with van der Waals surface area (Å²) in [7, 11) is 0. The number of carbonyl (C=O) groups is 1. The predicted molar refractivity (Wildman–Crippen MR) is 19.6 cm³/mol. The topological polar surface area (TPSA) is 38.8 Å². The molecule has 2 atom stereocenters. The van der Waals surface area contributed by atoms with Crippen molar-refractivity contribution in [2.45, 2.75) is 12.2 Å². The minimum Gasteiger partial charge on any atom is -0.461 e. The Hall–Kier alpha value is -0.570. The summed E-state index contributed by atoms with van der Waals surface area (Å²) in [5, 5.41) is 0. The van der Waals surface area contributed by atoms with E-state index in [4.69, 9.17) is 4.74 Å². The van der Waals surface area contributed by atoms with Crippen molar-refractivity contribution in [2.75, 3.05) is 6.61 Å². The molecule has 0 spiro atoms. The summed E-state index contributed by atoms with van der Waals surface area (Å²) in [6, 6.07) is 0. The number of hydrogen-bond acceptors (Lipinski definition) is 3. The smallest absolute Gasteiger partial charge is 0.338 e. The molecule has 38 valence electrons. The Morgan fingerprint density at radius 3 is 2.71 bits per heavy atom. The zero-order chi connectivity index (χ0) is 4.85. The lowest BCUT2D eigenvalue weighted by atomic mass is 10.4. The molecule has 3 heteroatoms. The third kappa shape index (κ3) is 0.307. The molecule has 7 heavy (non-hydrogen) atoms. The number of hydrogen-bond donors (Lipinski definition) is 0. The molecule has 2 aliphatic heterocycles. The molecular weight excluding hydrogens is 96.0 g/mol. The molecule has 0 aromatic carbocycles. The lowest BCUT2D eigenvalue weighted by molar-refractivity contribution is -0.143. The second-order valence-electron chi connectivity index (χ2n) is 1.73. The molecule has 2 saturated heterocycles. The van der Waals surface area contributed by atoms with Crippen LogP contribution in [-0.4, -0.2) is 24.8 Å². The van der Waals surface area contributed by atoms with Crippen LogP contribution in [0.3, 0.4) is 0 Å². The average Bonchev–Trinajstić information content (AvgIpc) is 2.33. The largest absolute Gasteiger partial charge is 0.461 e. The Morgan fingerprint density at radius 2 is 2.57 bits per heavy atom. The van der Waals surface area contributed by atoms with Crippen LogP contribution in [0.1, 0.15) is 0 Å². The second-order valence-corrected chi connectivity index (χ2v) is 1.73. The zero-order valence-corrected chi connectivity index (χ0v) is 3.59. The van der Waals surface area contributed by atoms with Crippen LogP contribution in [0.4, 0.5) is 0 Å². The highest BCUT2D eigenvalue weighted by molar-refractivity contribution is 5.80. The molecule has 2 heterocycles. The monoisotopic (exact) mass is 100 g/mol. The molecule has 0 bridgehead atoms. The number of epoxide rings is 1. The molecule has 0 aromatic rings. The SMILES string of the molecule is O=C1OC[C@H]2O[C@H]12. The minimum atomic E-state index is -0.190. The van der Waals surface area contributed by atoms with Gasteiger partial charge >= 0.3 is 5.97 Å². The molecule has 0 aromatic heterocycles. The van der Waals surface area contributed by atoms with Gasteiger partial charge in [-0.25, -0.2) is 4.79 Å². The van der Waals surface area contributed by atoms with Gasteiger partial charge < -0.3 is 9.47 Å². The second kappa shape index (κ2) is 0.816. The van der Waals surface area contributed by atoms with Gasteiger partial charge in [0.2, 0.25) is 0 Å². The Bertz CT molecular complexity index is 120. The van der Waals surface area contributed by atoms with E-state index in [0.717, 1.165) is 0 Å². The summed E-state index contributed by atoms with van der Waals surface area (Å²) in [5.74, 6) is -0.190. The van der Waals surface area contributed by atoms with Crippen molar-refractivity contribution in [3.05, 3.63) is 0 Å². The summed E-state index contributed by atoms with van der Waals surface area (Å²) < 4.78 is 9.34. The maximum atomic E-state index is 10.3. The fourth-order valence-electron chi connectivity index (χ4n) is 0.723. The number of ether oxygens (including phenoxy) is 2. The molecule has 2 rings (SSSR count). The number of rotatable bonds is 0. The molecule has 0 unspecified atom stereocenters. The predicted octanol–water partition coefficient (Wildman–Crippen LogP) is -0.689. The highest BCUT2D eigenvalue weighted by Crippen LogP contribution is 2.29. The van der Waals surface area contributed by atoms with E-state index in [1.54, 1.807) is 0 Å². The first kappa shape index (κ1) is 3.43. The summed E-state index contributed by atoms with van der Waals surface area (Å²) in [5.41, 5.74) is 0. The van der Waals surface area contributed by atoms with Crippen LogP contribution < -0.4 is 0 Å². The highest BCUT2D eigenvalue weighted by Gasteiger charge is 2.52. The summed E-state index contributed by atoms with van der Waals surface area (Å²) in [6.45, 7) is 0.476. The van der Waals surface area contributed by atoms with E-state index in [1.165, 1.54) is 0 Å². The van der Waals surface area contributed by atoms with E-state index in [-0.39, 0.29) is 18.2 Å². The van der Waals surface area contributed by atoms with Gasteiger partial charge in [0.15, 0.2) is 6.10 Å². The van der Waals surface area contributed by atoms with Gasteiger partial charge in [0, 0.05) is 0 Å². The number of esters is 1. The Balaban J connectivity index is 2.21. The van der Waals surface area contributed by atoms with Crippen molar-refractivity contribution in [2.24, 2.45) is 0 Å². The number of fused-ring (bicyclic) bond motifs is 1. The molecule has 3 nitrogen and oxygen atoms in total. The van der Waals surface area contributed by atoms with E-state index in [1.807, 2.05) is 0 Å². The van der Waals surface area contributed by atoms with Crippen molar-refractivity contribution >= 4 is 5.97 Å². The van der Waals surface area contributed by atoms with E-state index in [0.29, 0.717) is 6.61 Å². The highest BCUT2D eigenvalue weighted by atomic mass is 16.7. The molecule has 0 aliphatic carbocycles. The van der Waals surface area contributed by atoms with Gasteiger partial charge in [0.05, 0.1) is 0 Å². The normalized spacial score (nSPS) is 45.4. The molecule has 0 saturated carbocycles. The molecule has 0 radical (unpaired) electrons. The first-order chi connectivity index (χ1) is 3.38. The van der Waals surface area contributed by atoms with Gasteiger partial charge in [-0.05, 0) is 0 Å². The Morgan fingerprint density at radius 1 is 1.71 bits per heavy atom. The third-order valence-corrected chi connectivity index (χ3v) is 1.20. The van der Waals surface area contributed by atoms with Gasteiger partial charge in [-0.1, -0.05) is 0 Å². The summed E-state index contributed by atoms with van der Waals surface area (Å²) in [6.07, 6.45) is -0.0625. The Kier molecular flexibility index (Phi) is 0.400. The van der Waals surface area contributed by atoms with Crippen molar-refractivity contribution in [1.29, 1.82) is 0 Å². The molecular formula is C4H4O3. The van der Waals surface area contributed by atoms with Crippen LogP contribution in [-0.2, 0) is 14.3 Å². The maximum Gasteiger partial charge on any atom is 0.338 e. The Labute approximate surface area is 40.2 Å². The van der Waals surface area contributed by atoms with E-state index in [9.17, 15) is 4.79 Å². The molecule has 2 fully saturated rings. The van der Waals surface area contributed by atoms with Crippen LogP contribution in [0.15, 0.2) is 0 Å². The van der Waals surface area contributed by atoms with Crippen LogP contribution >= 0.6 is 0 Å². The summed E-state index contributed by atoms with van der Waals surface area (Å²) in [4.78, 5) is 10.3. The van der Waals surface area contributed by atoms with E-state index < -0.39 is 0 Å². The number of cyclic esters (lactones) is 1. The van der Waals surface area contributed by atoms with Crippen LogP contribution in [0, 0.1) is 0 Å². The molecule has 2 aliphatic rings. The van der Waals surface area contributed by atoms with Gasteiger partial charge in [0.25, 0.3) is 0 Å².